The SMILES string of the molecule is C/C(=N\C(=O)OC(C)(C)C)N[C@H]1C[C@@H](c2cc([C@@H]3CC[C@@H]4CN3C(=O)N4O)no2)C1. The van der Waals surface area contributed by atoms with Gasteiger partial charge in [-0.05, 0) is 53.4 Å². The smallest absolute Gasteiger partial charge is 0.435 e. The molecule has 164 valence electrons. The van der Waals surface area contributed by atoms with E-state index in [-0.39, 0.29) is 30.1 Å². The molecule has 2 atom stereocenters. The molecule has 1 aliphatic carbocycles. The topological polar surface area (TPSA) is 120 Å². The van der Waals surface area contributed by atoms with Crippen molar-refractivity contribution in [2.75, 3.05) is 6.54 Å². The van der Waals surface area contributed by atoms with Crippen LogP contribution in [-0.2, 0) is 4.74 Å². The van der Waals surface area contributed by atoms with Crippen molar-refractivity contribution in [1.82, 2.24) is 20.4 Å². The van der Waals surface area contributed by atoms with Gasteiger partial charge in [-0.3, -0.25) is 5.21 Å². The van der Waals surface area contributed by atoms with E-state index in [1.54, 1.807) is 32.6 Å². The zero-order valence-electron chi connectivity index (χ0n) is 17.8. The number of amides is 3. The zero-order chi connectivity index (χ0) is 21.6. The molecule has 1 aromatic heterocycles. The van der Waals surface area contributed by atoms with Crippen molar-refractivity contribution in [3.05, 3.63) is 17.5 Å². The number of aliphatic imine (C=N–C) groups is 1. The lowest BCUT2D eigenvalue weighted by atomic mass is 9.78. The molecule has 1 aromatic rings. The van der Waals surface area contributed by atoms with Crippen LogP contribution in [0.2, 0.25) is 0 Å². The van der Waals surface area contributed by atoms with Crippen LogP contribution in [0.4, 0.5) is 9.59 Å². The van der Waals surface area contributed by atoms with Crippen LogP contribution in [0.3, 0.4) is 0 Å². The van der Waals surface area contributed by atoms with E-state index in [1.807, 2.05) is 6.07 Å². The molecule has 0 spiro atoms. The number of hydrogen-bond donors (Lipinski definition) is 2. The number of hydroxylamine groups is 2. The van der Waals surface area contributed by atoms with Crippen LogP contribution in [0.5, 0.6) is 0 Å². The van der Waals surface area contributed by atoms with Gasteiger partial charge in [0, 0.05) is 24.6 Å². The van der Waals surface area contributed by atoms with Gasteiger partial charge in [0.2, 0.25) is 0 Å². The predicted molar refractivity (Wildman–Crippen MR) is 106 cm³/mol. The Bertz CT molecular complexity index is 854. The fourth-order valence-corrected chi connectivity index (χ4v) is 4.33. The van der Waals surface area contributed by atoms with Gasteiger partial charge in [0.05, 0.1) is 12.1 Å². The van der Waals surface area contributed by atoms with Gasteiger partial charge in [-0.25, -0.2) is 14.7 Å². The van der Waals surface area contributed by atoms with E-state index in [0.29, 0.717) is 12.4 Å². The molecule has 10 heteroatoms. The fourth-order valence-electron chi connectivity index (χ4n) is 4.33. The van der Waals surface area contributed by atoms with Gasteiger partial charge in [0.15, 0.2) is 0 Å². The molecule has 2 saturated heterocycles. The maximum Gasteiger partial charge on any atom is 0.435 e. The van der Waals surface area contributed by atoms with Gasteiger partial charge >= 0.3 is 12.1 Å². The minimum atomic E-state index is -0.601. The molecule has 0 unspecified atom stereocenters. The van der Waals surface area contributed by atoms with Crippen LogP contribution in [0.1, 0.15) is 76.8 Å². The number of rotatable bonds is 3. The van der Waals surface area contributed by atoms with Crippen LogP contribution in [0, 0.1) is 0 Å². The summed E-state index contributed by atoms with van der Waals surface area (Å²) < 4.78 is 10.8. The first kappa shape index (κ1) is 20.6. The molecule has 2 aliphatic heterocycles. The molecule has 3 aliphatic rings. The van der Waals surface area contributed by atoms with Crippen molar-refractivity contribution in [2.45, 2.75) is 83.0 Å². The van der Waals surface area contributed by atoms with Crippen LogP contribution >= 0.6 is 0 Å². The zero-order valence-corrected chi connectivity index (χ0v) is 17.8. The van der Waals surface area contributed by atoms with Crippen LogP contribution in [0.25, 0.3) is 0 Å². The number of amidine groups is 1. The Balaban J connectivity index is 1.29. The molecular weight excluding hydrogens is 390 g/mol. The molecule has 3 amide bonds. The van der Waals surface area contributed by atoms with Crippen molar-refractivity contribution in [2.24, 2.45) is 4.99 Å². The van der Waals surface area contributed by atoms with E-state index < -0.39 is 11.7 Å². The summed E-state index contributed by atoms with van der Waals surface area (Å²) in [6, 6.07) is 1.50. The van der Waals surface area contributed by atoms with Crippen molar-refractivity contribution < 1.29 is 24.1 Å². The van der Waals surface area contributed by atoms with E-state index in [1.165, 1.54) is 0 Å². The highest BCUT2D eigenvalue weighted by Gasteiger charge is 2.46. The Morgan fingerprint density at radius 2 is 2.10 bits per heavy atom. The molecule has 2 N–H and O–H groups in total. The van der Waals surface area contributed by atoms with Crippen molar-refractivity contribution in [3.63, 3.8) is 0 Å². The molecule has 30 heavy (non-hydrogen) atoms. The van der Waals surface area contributed by atoms with Crippen molar-refractivity contribution in [1.29, 1.82) is 0 Å². The number of carbonyl (C=O) groups excluding carboxylic acids is 2. The number of aromatic nitrogens is 1. The van der Waals surface area contributed by atoms with Crippen molar-refractivity contribution >= 4 is 18.0 Å². The minimum Gasteiger partial charge on any atom is -0.442 e. The van der Waals surface area contributed by atoms with E-state index >= 15 is 0 Å². The summed E-state index contributed by atoms with van der Waals surface area (Å²) in [6.07, 6.45) is 2.59. The van der Waals surface area contributed by atoms with E-state index in [4.69, 9.17) is 9.26 Å². The Hall–Kier alpha value is -2.62. The quantitative estimate of drug-likeness (QED) is 0.438. The summed E-state index contributed by atoms with van der Waals surface area (Å²) in [6.45, 7) is 7.68. The third-order valence-electron chi connectivity index (χ3n) is 5.84. The highest BCUT2D eigenvalue weighted by atomic mass is 16.6. The number of piperidine rings is 1. The average Bonchev–Trinajstić information content (AvgIpc) is 3.17. The van der Waals surface area contributed by atoms with E-state index in [2.05, 4.69) is 15.5 Å². The average molecular weight is 419 g/mol. The third kappa shape index (κ3) is 4.14. The maximum atomic E-state index is 12.2. The maximum absolute atomic E-state index is 12.2. The van der Waals surface area contributed by atoms with Gasteiger partial charge in [-0.15, -0.1) is 0 Å². The van der Waals surface area contributed by atoms with Gasteiger partial charge in [-0.1, -0.05) is 5.16 Å². The van der Waals surface area contributed by atoms with Gasteiger partial charge in [0.25, 0.3) is 0 Å². The second-order valence-electron chi connectivity index (χ2n) is 9.37. The predicted octanol–water partition coefficient (Wildman–Crippen LogP) is 3.19. The summed E-state index contributed by atoms with van der Waals surface area (Å²) in [5.41, 5.74) is 0.173. The molecular formula is C20H29N5O5. The number of fused-ring (bicyclic) bond motifs is 2. The van der Waals surface area contributed by atoms with Crippen LogP contribution in [-0.4, -0.2) is 62.5 Å². The first-order valence-corrected chi connectivity index (χ1v) is 10.4. The summed E-state index contributed by atoms with van der Waals surface area (Å²) in [4.78, 5) is 29.5. The number of nitrogens with one attached hydrogen (secondary N) is 1. The molecule has 4 rings (SSSR count). The van der Waals surface area contributed by atoms with Crippen LogP contribution < -0.4 is 5.32 Å². The summed E-state index contributed by atoms with van der Waals surface area (Å²) in [5.74, 6) is 1.57. The molecule has 10 nitrogen and oxygen atoms in total. The highest BCUT2D eigenvalue weighted by molar-refractivity contribution is 5.90. The number of hydrogen-bond acceptors (Lipinski definition) is 6. The number of nitrogens with zero attached hydrogens (tertiary/aromatic N) is 4. The largest absolute Gasteiger partial charge is 0.442 e. The third-order valence-corrected chi connectivity index (χ3v) is 5.84. The van der Waals surface area contributed by atoms with Gasteiger partial charge in [-0.2, -0.15) is 4.99 Å². The van der Waals surface area contributed by atoms with Gasteiger partial charge in [0.1, 0.15) is 22.9 Å². The standard InChI is InChI=1S/C20H29N5O5/c1-11(22-18(26)29-20(2,3)4)21-13-7-12(8-13)17-9-15(23-30-17)16-6-5-14-10-24(16)19(27)25(14)28/h9,12-14,16,28H,5-8,10H2,1-4H3,(H,21,22,26)/t12-,13+,14-,16+/m1/s1. The van der Waals surface area contributed by atoms with E-state index in [0.717, 1.165) is 42.2 Å². The fraction of sp³-hybridized carbons (Fsp3) is 0.700. The molecule has 3 fully saturated rings. The normalized spacial score (nSPS) is 29.1. The number of ether oxygens (including phenoxy) is 1. The summed E-state index contributed by atoms with van der Waals surface area (Å²) >= 11 is 0. The number of carbonyl (C=O) groups is 2. The lowest BCUT2D eigenvalue weighted by molar-refractivity contribution is -0.0584. The molecule has 1 saturated carbocycles. The summed E-state index contributed by atoms with van der Waals surface area (Å²) in [5, 5.41) is 18.1. The Labute approximate surface area is 175 Å². The second kappa shape index (κ2) is 7.57. The molecule has 0 radical (unpaired) electrons. The Kier molecular flexibility index (Phi) is 5.21. The molecule has 0 aromatic carbocycles. The van der Waals surface area contributed by atoms with Gasteiger partial charge < -0.3 is 19.5 Å². The highest BCUT2D eigenvalue weighted by Crippen LogP contribution is 2.41. The number of urea groups is 1. The summed E-state index contributed by atoms with van der Waals surface area (Å²) in [7, 11) is 0. The molecule has 3 heterocycles. The Morgan fingerprint density at radius 3 is 2.80 bits per heavy atom. The van der Waals surface area contributed by atoms with Crippen molar-refractivity contribution in [3.8, 4) is 0 Å². The van der Waals surface area contributed by atoms with E-state index in [9.17, 15) is 14.8 Å². The first-order valence-electron chi connectivity index (χ1n) is 10.4. The monoisotopic (exact) mass is 419 g/mol. The minimum absolute atomic E-state index is 0.121. The Morgan fingerprint density at radius 1 is 1.37 bits per heavy atom. The lowest BCUT2D eigenvalue weighted by Gasteiger charge is -2.34. The molecule has 2 bridgehead atoms. The first-order chi connectivity index (χ1) is 14.1. The lowest BCUT2D eigenvalue weighted by Crippen LogP contribution is -2.42. The van der Waals surface area contributed by atoms with Crippen LogP contribution in [0.15, 0.2) is 15.6 Å². The second-order valence-corrected chi connectivity index (χ2v) is 9.37.